The maximum Gasteiger partial charge on any atom is 0.275 e. The van der Waals surface area contributed by atoms with E-state index in [1.807, 2.05) is 5.43 Å². The number of nitrogens with zero attached hydrogens (tertiary/aromatic N) is 1. The zero-order chi connectivity index (χ0) is 21.0. The molecule has 0 bridgehead atoms. The molecule has 0 aliphatic carbocycles. The second-order valence-electron chi connectivity index (χ2n) is 6.02. The number of hydrogen-bond acceptors (Lipinski definition) is 3. The normalized spacial score (nSPS) is 10.4. The first-order valence-electron chi connectivity index (χ1n) is 8.35. The fourth-order valence-corrected chi connectivity index (χ4v) is 2.51. The molecule has 2 N–H and O–H groups in total. The average Bonchev–Trinajstić information content (AvgIpc) is 2.71. The number of amides is 2. The van der Waals surface area contributed by atoms with Crippen LogP contribution in [0.15, 0.2) is 65.6 Å². The van der Waals surface area contributed by atoms with Crippen molar-refractivity contribution >= 4 is 11.8 Å². The summed E-state index contributed by atoms with van der Waals surface area (Å²) in [6.07, 6.45) is 1.46. The molecule has 0 radical (unpaired) electrons. The number of nitrogens with one attached hydrogen (secondary N) is 2. The summed E-state index contributed by atoms with van der Waals surface area (Å²) in [5.74, 6) is -4.52. The number of hydrogen-bond donors (Lipinski definition) is 2. The molecule has 0 spiro atoms. The smallest absolute Gasteiger partial charge is 0.275 e. The Bertz CT molecular complexity index is 1130. The van der Waals surface area contributed by atoms with Crippen molar-refractivity contribution in [1.29, 1.82) is 0 Å². The third kappa shape index (κ3) is 4.70. The number of hydrazine groups is 1. The fraction of sp³-hybridized carbons (Fsp3) is 0.0500. The van der Waals surface area contributed by atoms with Gasteiger partial charge in [0.25, 0.3) is 17.4 Å². The van der Waals surface area contributed by atoms with E-state index in [1.165, 1.54) is 47.2 Å². The van der Waals surface area contributed by atoms with Gasteiger partial charge in [-0.05, 0) is 48.0 Å². The van der Waals surface area contributed by atoms with Gasteiger partial charge in [0, 0.05) is 11.8 Å². The van der Waals surface area contributed by atoms with E-state index in [2.05, 4.69) is 5.43 Å². The number of carbonyl (C=O) groups excluding carboxylic acids is 2. The first-order chi connectivity index (χ1) is 13.8. The molecule has 9 heteroatoms. The molecule has 0 saturated heterocycles. The summed E-state index contributed by atoms with van der Waals surface area (Å²) in [5, 5.41) is 0. The molecule has 29 heavy (non-hydrogen) atoms. The van der Waals surface area contributed by atoms with Crippen LogP contribution in [0.4, 0.5) is 13.2 Å². The minimum atomic E-state index is -1.21. The van der Waals surface area contributed by atoms with Gasteiger partial charge in [0.2, 0.25) is 0 Å². The van der Waals surface area contributed by atoms with Crippen molar-refractivity contribution < 1.29 is 22.8 Å². The quantitative estimate of drug-likeness (QED) is 0.659. The topological polar surface area (TPSA) is 80.2 Å². The van der Waals surface area contributed by atoms with Gasteiger partial charge in [0.05, 0.1) is 6.54 Å². The van der Waals surface area contributed by atoms with Crippen LogP contribution in [-0.2, 0) is 6.54 Å². The summed E-state index contributed by atoms with van der Waals surface area (Å²) in [6, 6.07) is 10.8. The van der Waals surface area contributed by atoms with Crippen LogP contribution in [0.5, 0.6) is 0 Å². The molecular formula is C20H14F3N3O3. The van der Waals surface area contributed by atoms with E-state index in [0.717, 1.165) is 12.1 Å². The number of halogens is 3. The van der Waals surface area contributed by atoms with E-state index >= 15 is 0 Å². The second-order valence-corrected chi connectivity index (χ2v) is 6.02. The Balaban J connectivity index is 1.70. The van der Waals surface area contributed by atoms with Crippen molar-refractivity contribution in [1.82, 2.24) is 15.4 Å². The molecule has 0 unspecified atom stereocenters. The molecule has 0 atom stereocenters. The Labute approximate surface area is 162 Å². The maximum atomic E-state index is 13.2. The minimum absolute atomic E-state index is 0.113. The van der Waals surface area contributed by atoms with Gasteiger partial charge in [-0.15, -0.1) is 0 Å². The lowest BCUT2D eigenvalue weighted by Gasteiger charge is -2.10. The highest BCUT2D eigenvalue weighted by Crippen LogP contribution is 2.08. The maximum absolute atomic E-state index is 13.2. The molecule has 3 rings (SSSR count). The lowest BCUT2D eigenvalue weighted by molar-refractivity contribution is 0.0845. The molecule has 0 fully saturated rings. The summed E-state index contributed by atoms with van der Waals surface area (Å²) in [4.78, 5) is 36.7. The van der Waals surface area contributed by atoms with Gasteiger partial charge in [-0.3, -0.25) is 25.2 Å². The average molecular weight is 401 g/mol. The molecule has 148 valence electrons. The first-order valence-corrected chi connectivity index (χ1v) is 8.35. The molecule has 1 aromatic heterocycles. The molecule has 6 nitrogen and oxygen atoms in total. The predicted octanol–water partition coefficient (Wildman–Crippen LogP) is 2.39. The van der Waals surface area contributed by atoms with Gasteiger partial charge in [-0.2, -0.15) is 0 Å². The molecule has 1 heterocycles. The van der Waals surface area contributed by atoms with Crippen molar-refractivity contribution in [2.45, 2.75) is 6.54 Å². The summed E-state index contributed by atoms with van der Waals surface area (Å²) < 4.78 is 40.4. The van der Waals surface area contributed by atoms with Crippen LogP contribution in [-0.4, -0.2) is 16.4 Å². The molecular weight excluding hydrogens is 387 g/mol. The van der Waals surface area contributed by atoms with E-state index in [1.54, 1.807) is 0 Å². The molecule has 2 aromatic carbocycles. The molecule has 0 saturated carbocycles. The van der Waals surface area contributed by atoms with E-state index in [9.17, 15) is 27.6 Å². The Kier molecular flexibility index (Phi) is 5.77. The highest BCUT2D eigenvalue weighted by Gasteiger charge is 2.15. The van der Waals surface area contributed by atoms with Gasteiger partial charge in [-0.25, -0.2) is 13.2 Å². The zero-order valence-electron chi connectivity index (χ0n) is 14.8. The van der Waals surface area contributed by atoms with E-state index in [0.29, 0.717) is 11.6 Å². The van der Waals surface area contributed by atoms with Crippen molar-refractivity contribution in [2.75, 3.05) is 0 Å². The number of carbonyl (C=O) groups is 2. The third-order valence-electron chi connectivity index (χ3n) is 4.00. The Morgan fingerprint density at radius 1 is 0.862 bits per heavy atom. The van der Waals surface area contributed by atoms with Gasteiger partial charge < -0.3 is 4.57 Å². The van der Waals surface area contributed by atoms with Gasteiger partial charge in [0.1, 0.15) is 11.4 Å². The van der Waals surface area contributed by atoms with Crippen molar-refractivity contribution in [2.24, 2.45) is 0 Å². The number of pyridine rings is 1. The van der Waals surface area contributed by atoms with Crippen LogP contribution in [0.3, 0.4) is 0 Å². The van der Waals surface area contributed by atoms with Crippen molar-refractivity contribution in [3.05, 3.63) is 105 Å². The molecule has 3 aromatic rings. The zero-order valence-corrected chi connectivity index (χ0v) is 14.8. The second kappa shape index (κ2) is 8.42. The Hall–Kier alpha value is -3.88. The molecule has 2 amide bonds. The lowest BCUT2D eigenvalue weighted by Crippen LogP contribution is -2.44. The monoisotopic (exact) mass is 401 g/mol. The van der Waals surface area contributed by atoms with Crippen LogP contribution in [0.1, 0.15) is 26.3 Å². The lowest BCUT2D eigenvalue weighted by atomic mass is 10.2. The summed E-state index contributed by atoms with van der Waals surface area (Å²) in [5.41, 5.74) is 3.64. The van der Waals surface area contributed by atoms with Crippen LogP contribution in [0.25, 0.3) is 0 Å². The molecule has 0 aliphatic heterocycles. The third-order valence-corrected chi connectivity index (χ3v) is 4.00. The Morgan fingerprint density at radius 3 is 2.24 bits per heavy atom. The largest absolute Gasteiger partial charge is 0.310 e. The van der Waals surface area contributed by atoms with Crippen molar-refractivity contribution in [3.8, 4) is 0 Å². The van der Waals surface area contributed by atoms with Crippen LogP contribution in [0, 0.1) is 17.5 Å². The highest BCUT2D eigenvalue weighted by atomic mass is 19.2. The fourth-order valence-electron chi connectivity index (χ4n) is 2.51. The summed E-state index contributed by atoms with van der Waals surface area (Å²) in [7, 11) is 0. The SMILES string of the molecule is O=C(NNC(=O)c1cccn(Cc2ccc(F)cc2)c1=O)c1ccc(F)c(F)c1. The van der Waals surface area contributed by atoms with Gasteiger partial charge in [-0.1, -0.05) is 12.1 Å². The van der Waals surface area contributed by atoms with Crippen molar-refractivity contribution in [3.63, 3.8) is 0 Å². The van der Waals surface area contributed by atoms with Crippen LogP contribution < -0.4 is 16.4 Å². The minimum Gasteiger partial charge on any atom is -0.310 e. The molecule has 0 aliphatic rings. The van der Waals surface area contributed by atoms with Gasteiger partial charge >= 0.3 is 0 Å². The number of aromatic nitrogens is 1. The summed E-state index contributed by atoms with van der Waals surface area (Å²) >= 11 is 0. The highest BCUT2D eigenvalue weighted by molar-refractivity contribution is 5.98. The van der Waals surface area contributed by atoms with Crippen LogP contribution in [0.2, 0.25) is 0 Å². The van der Waals surface area contributed by atoms with Gasteiger partial charge in [0.15, 0.2) is 11.6 Å². The predicted molar refractivity (Wildman–Crippen MR) is 97.5 cm³/mol. The standard InChI is InChI=1S/C20H14F3N3O3/c21-14-6-3-12(4-7-14)11-26-9-1-2-15(20(26)29)19(28)25-24-18(27)13-5-8-16(22)17(23)10-13/h1-10H,11H2,(H,24,27)(H,25,28). The van der Waals surface area contributed by atoms with E-state index in [4.69, 9.17) is 0 Å². The van der Waals surface area contributed by atoms with Crippen LogP contribution >= 0.6 is 0 Å². The van der Waals surface area contributed by atoms with E-state index < -0.39 is 34.8 Å². The first kappa shape index (κ1) is 19.9. The number of rotatable bonds is 4. The number of benzene rings is 2. The van der Waals surface area contributed by atoms with E-state index in [-0.39, 0.29) is 17.7 Å². The Morgan fingerprint density at radius 2 is 1.55 bits per heavy atom. The summed E-state index contributed by atoms with van der Waals surface area (Å²) in [6.45, 7) is 0.113.